The molecule has 2 unspecified atom stereocenters. The molecule has 2 aromatic carbocycles. The number of oxime groups is 1. The molecule has 2 atom stereocenters. The Balaban J connectivity index is 1.90. The topological polar surface area (TPSA) is 45.1 Å². The van der Waals surface area contributed by atoms with Crippen LogP contribution in [0.4, 0.5) is 0 Å². The smallest absolute Gasteiger partial charge is 0.137 e. The minimum absolute atomic E-state index is 0.206. The van der Waals surface area contributed by atoms with Crippen molar-refractivity contribution in [1.29, 1.82) is 0 Å². The van der Waals surface area contributed by atoms with Crippen LogP contribution in [0.25, 0.3) is 0 Å². The Kier molecular flexibility index (Phi) is 2.84. The molecule has 0 aromatic heterocycles. The van der Waals surface area contributed by atoms with Gasteiger partial charge in [-0.05, 0) is 12.5 Å². The largest absolute Gasteiger partial charge is 0.411 e. The number of nitrogens with zero attached hydrogens (tertiary/aromatic N) is 1. The molecular formula is C16H15NO2. The Hall–Kier alpha value is -2.13. The molecular weight excluding hydrogens is 238 g/mol. The Bertz CT molecular complexity index is 595. The maximum absolute atomic E-state index is 9.28. The van der Waals surface area contributed by atoms with Crippen molar-refractivity contribution in [2.45, 2.75) is 18.6 Å². The van der Waals surface area contributed by atoms with E-state index in [1.165, 1.54) is 0 Å². The molecule has 3 rings (SSSR count). The third-order valence-electron chi connectivity index (χ3n) is 3.58. The second-order valence-electron chi connectivity index (χ2n) is 4.82. The van der Waals surface area contributed by atoms with Crippen LogP contribution < -0.4 is 0 Å². The summed E-state index contributed by atoms with van der Waals surface area (Å²) in [6.07, 6.45) is -0.206. The molecule has 1 heterocycles. The summed E-state index contributed by atoms with van der Waals surface area (Å²) in [7, 11) is 0. The Morgan fingerprint density at radius 3 is 2.21 bits per heavy atom. The average molecular weight is 253 g/mol. The standard InChI is InChI=1S/C16H15NO2/c1-16(13-10-6-3-7-11-13)15(19-16)14(17-18)12-8-4-2-5-9-12/h2-11,15,18H,1H3/b17-14+. The third-order valence-corrected chi connectivity index (χ3v) is 3.58. The van der Waals surface area contributed by atoms with Gasteiger partial charge in [-0.3, -0.25) is 0 Å². The molecule has 0 radical (unpaired) electrons. The number of epoxide rings is 1. The first-order valence-corrected chi connectivity index (χ1v) is 6.26. The highest BCUT2D eigenvalue weighted by Gasteiger charge is 2.57. The predicted octanol–water partition coefficient (Wildman–Crippen LogP) is 3.18. The number of ether oxygens (including phenoxy) is 1. The fourth-order valence-electron chi connectivity index (χ4n) is 2.39. The number of benzene rings is 2. The van der Waals surface area contributed by atoms with Crippen molar-refractivity contribution in [2.24, 2.45) is 5.16 Å². The summed E-state index contributed by atoms with van der Waals surface area (Å²) in [5.41, 5.74) is 2.15. The average Bonchev–Trinajstić information content (AvgIpc) is 3.15. The van der Waals surface area contributed by atoms with E-state index in [9.17, 15) is 5.21 Å². The van der Waals surface area contributed by atoms with Crippen LogP contribution in [0.3, 0.4) is 0 Å². The molecule has 3 heteroatoms. The first kappa shape index (κ1) is 11.9. The van der Waals surface area contributed by atoms with Gasteiger partial charge in [0, 0.05) is 5.56 Å². The van der Waals surface area contributed by atoms with Crippen molar-refractivity contribution in [1.82, 2.24) is 0 Å². The molecule has 1 fully saturated rings. The Morgan fingerprint density at radius 2 is 1.63 bits per heavy atom. The van der Waals surface area contributed by atoms with E-state index >= 15 is 0 Å². The lowest BCUT2D eigenvalue weighted by atomic mass is 9.93. The molecule has 0 aliphatic carbocycles. The highest BCUT2D eigenvalue weighted by molar-refractivity contribution is 6.05. The van der Waals surface area contributed by atoms with Gasteiger partial charge in [0.25, 0.3) is 0 Å². The second kappa shape index (κ2) is 4.52. The van der Waals surface area contributed by atoms with Gasteiger partial charge in [-0.2, -0.15) is 0 Å². The molecule has 0 amide bonds. The highest BCUT2D eigenvalue weighted by atomic mass is 16.6. The van der Waals surface area contributed by atoms with E-state index in [-0.39, 0.29) is 6.10 Å². The van der Waals surface area contributed by atoms with E-state index < -0.39 is 5.60 Å². The molecule has 1 N–H and O–H groups in total. The molecule has 2 aromatic rings. The van der Waals surface area contributed by atoms with E-state index in [1.54, 1.807) is 0 Å². The van der Waals surface area contributed by atoms with Gasteiger partial charge in [-0.1, -0.05) is 65.8 Å². The Labute approximate surface area is 112 Å². The lowest BCUT2D eigenvalue weighted by Gasteiger charge is -2.07. The minimum atomic E-state index is -0.404. The quantitative estimate of drug-likeness (QED) is 0.395. The van der Waals surface area contributed by atoms with Gasteiger partial charge in [0.1, 0.15) is 17.4 Å². The zero-order valence-electron chi connectivity index (χ0n) is 10.7. The maximum atomic E-state index is 9.28. The number of hydrogen-bond donors (Lipinski definition) is 1. The fraction of sp³-hybridized carbons (Fsp3) is 0.188. The predicted molar refractivity (Wildman–Crippen MR) is 73.4 cm³/mol. The molecule has 3 nitrogen and oxygen atoms in total. The summed E-state index contributed by atoms with van der Waals surface area (Å²) in [6, 6.07) is 19.6. The van der Waals surface area contributed by atoms with Crippen molar-refractivity contribution >= 4 is 5.71 Å². The summed E-state index contributed by atoms with van der Waals surface area (Å²) in [6.45, 7) is 2.02. The summed E-state index contributed by atoms with van der Waals surface area (Å²) >= 11 is 0. The van der Waals surface area contributed by atoms with Crippen LogP contribution in [0.1, 0.15) is 18.1 Å². The van der Waals surface area contributed by atoms with E-state index in [2.05, 4.69) is 5.16 Å². The van der Waals surface area contributed by atoms with Gasteiger partial charge in [-0.15, -0.1) is 0 Å². The lowest BCUT2D eigenvalue weighted by molar-refractivity contribution is 0.308. The summed E-state index contributed by atoms with van der Waals surface area (Å²) in [5.74, 6) is 0. The van der Waals surface area contributed by atoms with Crippen LogP contribution in [-0.4, -0.2) is 17.0 Å². The summed E-state index contributed by atoms with van der Waals surface area (Å²) in [4.78, 5) is 0. The normalized spacial score (nSPS) is 26.2. The fourth-order valence-corrected chi connectivity index (χ4v) is 2.39. The van der Waals surface area contributed by atoms with E-state index in [0.29, 0.717) is 5.71 Å². The number of hydrogen-bond acceptors (Lipinski definition) is 3. The lowest BCUT2D eigenvalue weighted by Crippen LogP contribution is -2.17. The molecule has 19 heavy (non-hydrogen) atoms. The van der Waals surface area contributed by atoms with Crippen molar-refractivity contribution < 1.29 is 9.94 Å². The van der Waals surface area contributed by atoms with Crippen LogP contribution in [0.15, 0.2) is 65.8 Å². The third kappa shape index (κ3) is 2.02. The van der Waals surface area contributed by atoms with Crippen LogP contribution >= 0.6 is 0 Å². The minimum Gasteiger partial charge on any atom is -0.411 e. The summed E-state index contributed by atoms with van der Waals surface area (Å²) < 4.78 is 5.81. The second-order valence-corrected chi connectivity index (χ2v) is 4.82. The summed E-state index contributed by atoms with van der Waals surface area (Å²) in [5, 5.41) is 12.7. The zero-order valence-corrected chi connectivity index (χ0v) is 10.7. The first-order valence-electron chi connectivity index (χ1n) is 6.26. The van der Waals surface area contributed by atoms with Crippen molar-refractivity contribution in [3.05, 3.63) is 71.8 Å². The van der Waals surface area contributed by atoms with E-state index in [4.69, 9.17) is 4.74 Å². The van der Waals surface area contributed by atoms with E-state index in [0.717, 1.165) is 11.1 Å². The van der Waals surface area contributed by atoms with E-state index in [1.807, 2.05) is 67.6 Å². The molecule has 0 spiro atoms. The van der Waals surface area contributed by atoms with Gasteiger partial charge in [0.05, 0.1) is 0 Å². The zero-order chi connectivity index (χ0) is 13.3. The molecule has 1 aliphatic heterocycles. The SMILES string of the molecule is CC1(c2ccccc2)OC1/C(=N/O)c1ccccc1. The van der Waals surface area contributed by atoms with Crippen molar-refractivity contribution in [3.8, 4) is 0 Å². The van der Waals surface area contributed by atoms with Crippen molar-refractivity contribution in [2.75, 3.05) is 0 Å². The molecule has 0 saturated carbocycles. The van der Waals surface area contributed by atoms with Crippen LogP contribution in [0.2, 0.25) is 0 Å². The molecule has 1 aliphatic rings. The van der Waals surface area contributed by atoms with Gasteiger partial charge in [0.2, 0.25) is 0 Å². The highest BCUT2D eigenvalue weighted by Crippen LogP contribution is 2.47. The van der Waals surface area contributed by atoms with Gasteiger partial charge in [-0.25, -0.2) is 0 Å². The van der Waals surface area contributed by atoms with Gasteiger partial charge in [0.15, 0.2) is 0 Å². The monoisotopic (exact) mass is 253 g/mol. The molecule has 1 saturated heterocycles. The van der Waals surface area contributed by atoms with Crippen LogP contribution in [0, 0.1) is 0 Å². The van der Waals surface area contributed by atoms with Crippen molar-refractivity contribution in [3.63, 3.8) is 0 Å². The maximum Gasteiger partial charge on any atom is 0.137 e. The van der Waals surface area contributed by atoms with Crippen LogP contribution in [0.5, 0.6) is 0 Å². The van der Waals surface area contributed by atoms with Crippen LogP contribution in [-0.2, 0) is 10.3 Å². The van der Waals surface area contributed by atoms with Gasteiger partial charge >= 0.3 is 0 Å². The first-order chi connectivity index (χ1) is 9.25. The molecule has 0 bridgehead atoms. The molecule has 96 valence electrons. The van der Waals surface area contributed by atoms with Gasteiger partial charge < -0.3 is 9.94 Å². The Morgan fingerprint density at radius 1 is 1.05 bits per heavy atom. The number of rotatable bonds is 3.